The lowest BCUT2D eigenvalue weighted by atomic mass is 10.2. The Hall–Kier alpha value is -1.06. The van der Waals surface area contributed by atoms with E-state index in [0.717, 1.165) is 6.54 Å². The summed E-state index contributed by atoms with van der Waals surface area (Å²) in [7, 11) is 4.09. The quantitative estimate of drug-likeness (QED) is 0.798. The molecule has 82 valence electrons. The first-order valence-corrected chi connectivity index (χ1v) is 5.33. The van der Waals surface area contributed by atoms with E-state index in [0.29, 0.717) is 6.10 Å². The van der Waals surface area contributed by atoms with Gasteiger partial charge in [0, 0.05) is 26.3 Å². The Labute approximate surface area is 91.0 Å². The maximum absolute atomic E-state index is 5.72. The topological polar surface area (TPSA) is 24.5 Å². The van der Waals surface area contributed by atoms with Crippen molar-refractivity contribution in [1.29, 1.82) is 0 Å². The Balaban J connectivity index is 2.10. The molecule has 1 aliphatic rings. The van der Waals surface area contributed by atoms with Crippen molar-refractivity contribution in [1.82, 2.24) is 5.32 Å². The second kappa shape index (κ2) is 4.21. The fourth-order valence-corrected chi connectivity index (χ4v) is 1.75. The Morgan fingerprint density at radius 1 is 1.27 bits per heavy atom. The number of ether oxygens (including phenoxy) is 1. The van der Waals surface area contributed by atoms with Gasteiger partial charge in [0.15, 0.2) is 0 Å². The van der Waals surface area contributed by atoms with E-state index in [1.54, 1.807) is 0 Å². The van der Waals surface area contributed by atoms with Crippen LogP contribution in [0.3, 0.4) is 0 Å². The third-order valence-corrected chi connectivity index (χ3v) is 2.67. The Morgan fingerprint density at radius 2 is 1.93 bits per heavy atom. The molecule has 3 nitrogen and oxygen atoms in total. The van der Waals surface area contributed by atoms with Crippen molar-refractivity contribution in [3.05, 3.63) is 29.8 Å². The molecule has 0 aliphatic carbocycles. The van der Waals surface area contributed by atoms with Crippen LogP contribution in [-0.4, -0.2) is 26.7 Å². The lowest BCUT2D eigenvalue weighted by molar-refractivity contribution is 0.0511. The first-order valence-electron chi connectivity index (χ1n) is 5.33. The van der Waals surface area contributed by atoms with Gasteiger partial charge in [0.2, 0.25) is 0 Å². The molecule has 1 aromatic rings. The van der Waals surface area contributed by atoms with Gasteiger partial charge in [-0.15, -0.1) is 0 Å². The summed E-state index contributed by atoms with van der Waals surface area (Å²) in [5.74, 6) is 0. The van der Waals surface area contributed by atoms with Crippen LogP contribution in [0.5, 0.6) is 0 Å². The summed E-state index contributed by atoms with van der Waals surface area (Å²) in [4.78, 5) is 2.09. The SMILES string of the molecule is CC1CNC(c2ccc(N(C)C)cc2)O1. The zero-order valence-corrected chi connectivity index (χ0v) is 9.53. The maximum atomic E-state index is 5.72. The van der Waals surface area contributed by atoms with E-state index in [2.05, 4.69) is 41.4 Å². The van der Waals surface area contributed by atoms with E-state index in [9.17, 15) is 0 Å². The highest BCUT2D eigenvalue weighted by Crippen LogP contribution is 2.23. The van der Waals surface area contributed by atoms with Crippen molar-refractivity contribution in [2.24, 2.45) is 0 Å². The highest BCUT2D eigenvalue weighted by Gasteiger charge is 2.21. The largest absolute Gasteiger partial charge is 0.378 e. The van der Waals surface area contributed by atoms with Crippen molar-refractivity contribution in [2.75, 3.05) is 25.5 Å². The van der Waals surface area contributed by atoms with E-state index in [4.69, 9.17) is 4.74 Å². The number of hydrogen-bond donors (Lipinski definition) is 1. The van der Waals surface area contributed by atoms with Crippen LogP contribution in [0.25, 0.3) is 0 Å². The molecule has 1 heterocycles. The van der Waals surface area contributed by atoms with Crippen molar-refractivity contribution in [3.63, 3.8) is 0 Å². The van der Waals surface area contributed by atoms with Gasteiger partial charge in [0.1, 0.15) is 6.23 Å². The first-order chi connectivity index (χ1) is 7.16. The highest BCUT2D eigenvalue weighted by molar-refractivity contribution is 5.46. The van der Waals surface area contributed by atoms with Crippen molar-refractivity contribution >= 4 is 5.69 Å². The smallest absolute Gasteiger partial charge is 0.134 e. The Kier molecular flexibility index (Phi) is 2.93. The van der Waals surface area contributed by atoms with Gasteiger partial charge in [-0.2, -0.15) is 0 Å². The average molecular weight is 206 g/mol. The van der Waals surface area contributed by atoms with Crippen LogP contribution in [0.2, 0.25) is 0 Å². The van der Waals surface area contributed by atoms with Gasteiger partial charge in [-0.3, -0.25) is 5.32 Å². The molecule has 0 saturated carbocycles. The van der Waals surface area contributed by atoms with Crippen LogP contribution in [0.1, 0.15) is 18.7 Å². The van der Waals surface area contributed by atoms with Gasteiger partial charge in [0.25, 0.3) is 0 Å². The minimum absolute atomic E-state index is 0.0659. The van der Waals surface area contributed by atoms with Crippen LogP contribution in [-0.2, 0) is 4.74 Å². The zero-order chi connectivity index (χ0) is 10.8. The molecule has 1 aliphatic heterocycles. The molecule has 3 heteroatoms. The van der Waals surface area contributed by atoms with Crippen LogP contribution in [0.15, 0.2) is 24.3 Å². The van der Waals surface area contributed by atoms with Crippen molar-refractivity contribution < 1.29 is 4.74 Å². The molecule has 0 amide bonds. The predicted octanol–water partition coefficient (Wildman–Crippen LogP) is 1.76. The molecule has 1 aromatic carbocycles. The molecule has 0 aromatic heterocycles. The molecule has 1 N–H and O–H groups in total. The predicted molar refractivity (Wildman–Crippen MR) is 62.1 cm³/mol. The van der Waals surface area contributed by atoms with Crippen LogP contribution >= 0.6 is 0 Å². The zero-order valence-electron chi connectivity index (χ0n) is 9.53. The number of rotatable bonds is 2. The average Bonchev–Trinajstić information content (AvgIpc) is 2.65. The Morgan fingerprint density at radius 3 is 2.40 bits per heavy atom. The standard InChI is InChI=1S/C12H18N2O/c1-9-8-13-12(15-9)10-4-6-11(7-5-10)14(2)3/h4-7,9,12-13H,8H2,1-3H3. The van der Waals surface area contributed by atoms with Gasteiger partial charge >= 0.3 is 0 Å². The second-order valence-electron chi connectivity index (χ2n) is 4.22. The summed E-state index contributed by atoms with van der Waals surface area (Å²) in [6, 6.07) is 8.46. The van der Waals surface area contributed by atoms with Gasteiger partial charge in [-0.25, -0.2) is 0 Å². The molecule has 2 rings (SSSR count). The molecule has 0 bridgehead atoms. The summed E-state index contributed by atoms with van der Waals surface area (Å²) < 4.78 is 5.72. The van der Waals surface area contributed by atoms with E-state index >= 15 is 0 Å². The van der Waals surface area contributed by atoms with Crippen LogP contribution < -0.4 is 10.2 Å². The van der Waals surface area contributed by atoms with Crippen LogP contribution in [0.4, 0.5) is 5.69 Å². The maximum Gasteiger partial charge on any atom is 0.134 e. The summed E-state index contributed by atoms with van der Waals surface area (Å²) in [5.41, 5.74) is 2.41. The van der Waals surface area contributed by atoms with Crippen molar-refractivity contribution in [3.8, 4) is 0 Å². The fraction of sp³-hybridized carbons (Fsp3) is 0.500. The van der Waals surface area contributed by atoms with Gasteiger partial charge < -0.3 is 9.64 Å². The van der Waals surface area contributed by atoms with Crippen LogP contribution in [0, 0.1) is 0 Å². The van der Waals surface area contributed by atoms with E-state index in [1.807, 2.05) is 14.1 Å². The van der Waals surface area contributed by atoms with Gasteiger partial charge in [0.05, 0.1) is 6.10 Å². The lowest BCUT2D eigenvalue weighted by Crippen LogP contribution is -2.14. The van der Waals surface area contributed by atoms with Gasteiger partial charge in [-0.1, -0.05) is 12.1 Å². The number of nitrogens with zero attached hydrogens (tertiary/aromatic N) is 1. The monoisotopic (exact) mass is 206 g/mol. The van der Waals surface area contributed by atoms with Gasteiger partial charge in [-0.05, 0) is 24.6 Å². The first kappa shape index (κ1) is 10.5. The Bertz CT molecular complexity index is 321. The lowest BCUT2D eigenvalue weighted by Gasteiger charge is -2.15. The van der Waals surface area contributed by atoms with Crippen molar-refractivity contribution in [2.45, 2.75) is 19.3 Å². The third kappa shape index (κ3) is 2.30. The summed E-state index contributed by atoms with van der Waals surface area (Å²) in [5, 5.41) is 3.34. The summed E-state index contributed by atoms with van der Waals surface area (Å²) in [6.45, 7) is 3.02. The number of hydrogen-bond acceptors (Lipinski definition) is 3. The summed E-state index contributed by atoms with van der Waals surface area (Å²) >= 11 is 0. The highest BCUT2D eigenvalue weighted by atomic mass is 16.5. The molecular weight excluding hydrogens is 188 g/mol. The normalized spacial score (nSPS) is 25.5. The number of anilines is 1. The fourth-order valence-electron chi connectivity index (χ4n) is 1.75. The molecular formula is C12H18N2O. The van der Waals surface area contributed by atoms with E-state index < -0.39 is 0 Å². The molecule has 0 radical (unpaired) electrons. The number of benzene rings is 1. The van der Waals surface area contributed by atoms with E-state index in [-0.39, 0.29) is 6.23 Å². The second-order valence-corrected chi connectivity index (χ2v) is 4.22. The molecule has 2 unspecified atom stereocenters. The third-order valence-electron chi connectivity index (χ3n) is 2.67. The molecule has 15 heavy (non-hydrogen) atoms. The number of nitrogens with one attached hydrogen (secondary N) is 1. The minimum Gasteiger partial charge on any atom is -0.378 e. The van der Waals surface area contributed by atoms with E-state index in [1.165, 1.54) is 11.3 Å². The molecule has 0 spiro atoms. The summed E-state index contributed by atoms with van der Waals surface area (Å²) in [6.07, 6.45) is 0.375. The molecule has 1 fully saturated rings. The minimum atomic E-state index is 0.0659. The molecule has 2 atom stereocenters. The molecule has 1 saturated heterocycles.